The van der Waals surface area contributed by atoms with Crippen molar-refractivity contribution < 1.29 is 9.53 Å². The van der Waals surface area contributed by atoms with Gasteiger partial charge in [0.1, 0.15) is 5.60 Å². The molecule has 0 spiro atoms. The molecule has 2 rings (SSSR count). The van der Waals surface area contributed by atoms with Gasteiger partial charge in [0, 0.05) is 12.0 Å². The predicted molar refractivity (Wildman–Crippen MR) is 63.8 cm³/mol. The van der Waals surface area contributed by atoms with E-state index >= 15 is 0 Å². The van der Waals surface area contributed by atoms with Crippen molar-refractivity contribution in [3.05, 3.63) is 23.8 Å². The minimum atomic E-state index is -0.397. The van der Waals surface area contributed by atoms with E-state index in [4.69, 9.17) is 4.74 Å². The zero-order valence-corrected chi connectivity index (χ0v) is 10.5. The highest BCUT2D eigenvalue weighted by Crippen LogP contribution is 2.51. The van der Waals surface area contributed by atoms with Crippen LogP contribution < -0.4 is 0 Å². The minimum absolute atomic E-state index is 0.201. The molecule has 0 saturated heterocycles. The molecule has 2 nitrogen and oxygen atoms in total. The summed E-state index contributed by atoms with van der Waals surface area (Å²) in [6.45, 7) is 7.88. The van der Waals surface area contributed by atoms with Gasteiger partial charge in [0.25, 0.3) is 0 Å². The number of ether oxygens (including phenoxy) is 1. The Bertz CT molecular complexity index is 357. The summed E-state index contributed by atoms with van der Waals surface area (Å²) in [5.41, 5.74) is 0.847. The summed E-state index contributed by atoms with van der Waals surface area (Å²) in [7, 11) is 0. The molecule has 1 saturated carbocycles. The molecule has 0 radical (unpaired) electrons. The predicted octanol–water partition coefficient (Wildman–Crippen LogP) is 3.10. The van der Waals surface area contributed by atoms with Crippen molar-refractivity contribution in [1.82, 2.24) is 0 Å². The summed E-state index contributed by atoms with van der Waals surface area (Å²) in [6.07, 6.45) is 7.31. The lowest BCUT2D eigenvalue weighted by molar-refractivity contribution is -0.148. The van der Waals surface area contributed by atoms with Crippen LogP contribution in [0.25, 0.3) is 0 Å². The molecule has 0 amide bonds. The monoisotopic (exact) mass is 220 g/mol. The molecular formula is C14H20O2. The van der Waals surface area contributed by atoms with Crippen molar-refractivity contribution in [2.45, 2.75) is 39.7 Å². The van der Waals surface area contributed by atoms with Crippen molar-refractivity contribution in [2.24, 2.45) is 17.8 Å². The maximum absolute atomic E-state index is 11.7. The van der Waals surface area contributed by atoms with Gasteiger partial charge < -0.3 is 4.74 Å². The van der Waals surface area contributed by atoms with Gasteiger partial charge in [-0.25, -0.2) is 4.79 Å². The van der Waals surface area contributed by atoms with E-state index in [-0.39, 0.29) is 5.97 Å². The van der Waals surface area contributed by atoms with Gasteiger partial charge in [0.05, 0.1) is 0 Å². The first-order valence-corrected chi connectivity index (χ1v) is 5.99. The fourth-order valence-electron chi connectivity index (χ4n) is 2.67. The molecule has 0 aliphatic heterocycles. The largest absolute Gasteiger partial charge is 0.457 e. The Morgan fingerprint density at radius 2 is 2.19 bits per heavy atom. The maximum atomic E-state index is 11.7. The van der Waals surface area contributed by atoms with E-state index in [9.17, 15) is 4.79 Å². The molecule has 0 bridgehead atoms. The molecule has 0 N–H and O–H groups in total. The second kappa shape index (κ2) is 3.76. The van der Waals surface area contributed by atoms with Crippen molar-refractivity contribution in [3.63, 3.8) is 0 Å². The van der Waals surface area contributed by atoms with Crippen LogP contribution in [0.1, 0.15) is 34.1 Å². The topological polar surface area (TPSA) is 26.3 Å². The molecule has 0 heterocycles. The van der Waals surface area contributed by atoms with Crippen LogP contribution in [0.3, 0.4) is 0 Å². The highest BCUT2D eigenvalue weighted by Gasteiger charge is 2.43. The van der Waals surface area contributed by atoms with Crippen LogP contribution in [0.15, 0.2) is 23.8 Å². The molecule has 1 fully saturated rings. The third kappa shape index (κ3) is 2.06. The average molecular weight is 220 g/mol. The normalized spacial score (nSPS) is 34.8. The summed E-state index contributed by atoms with van der Waals surface area (Å²) in [4.78, 5) is 11.7. The first-order chi connectivity index (χ1) is 7.38. The molecule has 1 unspecified atom stereocenters. The molecular weight excluding hydrogens is 200 g/mol. The van der Waals surface area contributed by atoms with E-state index in [1.807, 2.05) is 20.8 Å². The van der Waals surface area contributed by atoms with Gasteiger partial charge in [-0.2, -0.15) is 0 Å². The number of rotatable bonds is 1. The van der Waals surface area contributed by atoms with E-state index in [1.165, 1.54) is 5.57 Å². The summed E-state index contributed by atoms with van der Waals surface area (Å²) in [5.74, 6) is 1.57. The lowest BCUT2D eigenvalue weighted by Crippen LogP contribution is -2.35. The van der Waals surface area contributed by atoms with Crippen LogP contribution in [0.2, 0.25) is 0 Å². The highest BCUT2D eigenvalue weighted by atomic mass is 16.6. The molecule has 0 aromatic rings. The Kier molecular flexibility index (Phi) is 2.69. The summed E-state index contributed by atoms with van der Waals surface area (Å²) in [6, 6.07) is 0. The Labute approximate surface area is 97.4 Å². The number of allylic oxidation sites excluding steroid dienone is 3. The Balaban J connectivity index is 2.02. The summed E-state index contributed by atoms with van der Waals surface area (Å²) in [5, 5.41) is 0. The van der Waals surface area contributed by atoms with Crippen LogP contribution in [-0.2, 0) is 9.53 Å². The molecule has 16 heavy (non-hydrogen) atoms. The lowest BCUT2D eigenvalue weighted by atomic mass is 9.63. The van der Waals surface area contributed by atoms with E-state index in [0.29, 0.717) is 11.8 Å². The summed E-state index contributed by atoms with van der Waals surface area (Å²) >= 11 is 0. The molecule has 2 heteroatoms. The zero-order valence-electron chi connectivity index (χ0n) is 10.5. The lowest BCUT2D eigenvalue weighted by Gasteiger charge is -2.41. The van der Waals surface area contributed by atoms with Gasteiger partial charge in [0.15, 0.2) is 0 Å². The van der Waals surface area contributed by atoms with Gasteiger partial charge in [0.2, 0.25) is 0 Å². The Morgan fingerprint density at radius 3 is 2.81 bits per heavy atom. The van der Waals surface area contributed by atoms with Gasteiger partial charge in [-0.1, -0.05) is 24.6 Å². The first-order valence-electron chi connectivity index (χ1n) is 5.99. The quantitative estimate of drug-likeness (QED) is 0.385. The van der Waals surface area contributed by atoms with Gasteiger partial charge in [-0.15, -0.1) is 0 Å². The van der Waals surface area contributed by atoms with Crippen molar-refractivity contribution >= 4 is 5.97 Å². The minimum Gasteiger partial charge on any atom is -0.457 e. The first kappa shape index (κ1) is 11.4. The number of esters is 1. The Hall–Kier alpha value is -1.05. The zero-order chi connectivity index (χ0) is 11.9. The van der Waals surface area contributed by atoms with Crippen molar-refractivity contribution in [3.8, 4) is 0 Å². The molecule has 0 aromatic carbocycles. The van der Waals surface area contributed by atoms with E-state index in [1.54, 1.807) is 6.08 Å². The van der Waals surface area contributed by atoms with Crippen LogP contribution in [0.5, 0.6) is 0 Å². The number of hydrogen-bond donors (Lipinski definition) is 0. The molecule has 88 valence electrons. The standard InChI is InChI=1S/C14H20O2/c1-9-10-6-5-7-11(10)12(9)8-13(15)16-14(2,3)4/h5,7-11H,6H2,1-4H3/t9?,10-,11-/m1/s1. The SMILES string of the molecule is CC1C(=CC(=O)OC(C)(C)C)[C@@H]2C=CC[C@H]12. The molecule has 3 atom stereocenters. The number of hydrogen-bond acceptors (Lipinski definition) is 2. The van der Waals surface area contributed by atoms with Crippen LogP contribution in [0.4, 0.5) is 0 Å². The third-order valence-electron chi connectivity index (χ3n) is 3.46. The van der Waals surface area contributed by atoms with E-state index in [2.05, 4.69) is 19.1 Å². The van der Waals surface area contributed by atoms with Gasteiger partial charge in [-0.3, -0.25) is 0 Å². The fourth-order valence-corrected chi connectivity index (χ4v) is 2.67. The van der Waals surface area contributed by atoms with Crippen molar-refractivity contribution in [2.75, 3.05) is 0 Å². The van der Waals surface area contributed by atoms with Gasteiger partial charge >= 0.3 is 5.97 Å². The van der Waals surface area contributed by atoms with Gasteiger partial charge in [-0.05, 0) is 39.0 Å². The number of carbonyl (C=O) groups excluding carboxylic acids is 1. The summed E-state index contributed by atoms with van der Waals surface area (Å²) < 4.78 is 5.30. The molecule has 2 aliphatic carbocycles. The average Bonchev–Trinajstić information content (AvgIpc) is 2.55. The number of fused-ring (bicyclic) bond motifs is 1. The van der Waals surface area contributed by atoms with Crippen LogP contribution in [0, 0.1) is 17.8 Å². The van der Waals surface area contributed by atoms with Crippen LogP contribution in [-0.4, -0.2) is 11.6 Å². The van der Waals surface area contributed by atoms with Crippen LogP contribution >= 0.6 is 0 Å². The van der Waals surface area contributed by atoms with E-state index in [0.717, 1.165) is 12.3 Å². The second-order valence-electron chi connectivity index (χ2n) is 5.82. The smallest absolute Gasteiger partial charge is 0.331 e. The maximum Gasteiger partial charge on any atom is 0.331 e. The molecule has 0 aromatic heterocycles. The number of carbonyl (C=O) groups is 1. The Morgan fingerprint density at radius 1 is 1.50 bits per heavy atom. The molecule has 2 aliphatic rings. The van der Waals surface area contributed by atoms with E-state index < -0.39 is 5.60 Å². The fraction of sp³-hybridized carbons (Fsp3) is 0.643. The third-order valence-corrected chi connectivity index (χ3v) is 3.46. The highest BCUT2D eigenvalue weighted by molar-refractivity contribution is 5.83. The van der Waals surface area contributed by atoms with Crippen molar-refractivity contribution in [1.29, 1.82) is 0 Å². The second-order valence-corrected chi connectivity index (χ2v) is 5.82.